The largest absolute Gasteiger partial charge is 0.356 e. The molecule has 1 fully saturated rings. The summed E-state index contributed by atoms with van der Waals surface area (Å²) < 4.78 is 0. The van der Waals surface area contributed by atoms with E-state index in [9.17, 15) is 14.4 Å². The maximum Gasteiger partial charge on any atom is 0.239 e. The van der Waals surface area contributed by atoms with E-state index in [0.717, 1.165) is 25.7 Å². The van der Waals surface area contributed by atoms with Crippen molar-refractivity contribution in [3.05, 3.63) is 71.3 Å². The molecule has 1 saturated heterocycles. The summed E-state index contributed by atoms with van der Waals surface area (Å²) in [5, 5.41) is 5.99. The molecule has 2 N–H and O–H groups in total. The molecule has 0 spiro atoms. The Balaban J connectivity index is 1.40. The third kappa shape index (κ3) is 6.21. The van der Waals surface area contributed by atoms with Gasteiger partial charge in [0.15, 0.2) is 0 Å². The molecule has 1 unspecified atom stereocenters. The fraction of sp³-hybridized carbons (Fsp3) is 0.444. The highest BCUT2D eigenvalue weighted by Gasteiger charge is 2.31. The smallest absolute Gasteiger partial charge is 0.239 e. The van der Waals surface area contributed by atoms with E-state index < -0.39 is 0 Å². The zero-order chi connectivity index (χ0) is 23.0. The number of rotatable bonds is 2. The SMILES string of the molecule is O=C1CCC(c2ccccc2)CCNC(=O)CN(C(=O)C2Cc3ccccc3C2)CCCN1. The summed E-state index contributed by atoms with van der Waals surface area (Å²) in [5.74, 6) is 0.0379. The Morgan fingerprint density at radius 1 is 0.818 bits per heavy atom. The Bertz CT molecular complexity index is 951. The van der Waals surface area contributed by atoms with Gasteiger partial charge in [0.05, 0.1) is 6.54 Å². The second-order valence-electron chi connectivity index (χ2n) is 9.12. The van der Waals surface area contributed by atoms with Gasteiger partial charge in [-0.1, -0.05) is 54.6 Å². The predicted molar refractivity (Wildman–Crippen MR) is 128 cm³/mol. The molecule has 1 atom stereocenters. The van der Waals surface area contributed by atoms with Crippen LogP contribution in [0.4, 0.5) is 0 Å². The summed E-state index contributed by atoms with van der Waals surface area (Å²) in [6.45, 7) is 1.56. The number of hydrogen-bond acceptors (Lipinski definition) is 3. The average Bonchev–Trinajstić information content (AvgIpc) is 3.27. The van der Waals surface area contributed by atoms with E-state index in [1.165, 1.54) is 16.7 Å². The van der Waals surface area contributed by atoms with Crippen molar-refractivity contribution in [2.75, 3.05) is 26.2 Å². The van der Waals surface area contributed by atoms with Crippen molar-refractivity contribution in [1.29, 1.82) is 0 Å². The average molecular weight is 448 g/mol. The maximum atomic E-state index is 13.3. The lowest BCUT2D eigenvalue weighted by molar-refractivity contribution is -0.139. The highest BCUT2D eigenvalue weighted by Crippen LogP contribution is 2.28. The van der Waals surface area contributed by atoms with Gasteiger partial charge < -0.3 is 15.5 Å². The monoisotopic (exact) mass is 447 g/mol. The Hall–Kier alpha value is -3.15. The minimum absolute atomic E-state index is 0.0296. The zero-order valence-corrected chi connectivity index (χ0v) is 19.1. The summed E-state index contributed by atoms with van der Waals surface area (Å²) in [5.41, 5.74) is 3.63. The van der Waals surface area contributed by atoms with Gasteiger partial charge in [-0.15, -0.1) is 0 Å². The fourth-order valence-corrected chi connectivity index (χ4v) is 4.97. The van der Waals surface area contributed by atoms with E-state index in [-0.39, 0.29) is 36.1 Å². The highest BCUT2D eigenvalue weighted by molar-refractivity contribution is 5.86. The molecular formula is C27H33N3O3. The normalized spacial score (nSPS) is 21.0. The van der Waals surface area contributed by atoms with E-state index in [2.05, 4.69) is 34.9 Å². The van der Waals surface area contributed by atoms with Gasteiger partial charge in [-0.3, -0.25) is 14.4 Å². The van der Waals surface area contributed by atoms with E-state index >= 15 is 0 Å². The molecule has 0 saturated carbocycles. The van der Waals surface area contributed by atoms with Crippen LogP contribution in [0.15, 0.2) is 54.6 Å². The molecule has 0 bridgehead atoms. The predicted octanol–water partition coefficient (Wildman–Crippen LogP) is 2.82. The van der Waals surface area contributed by atoms with Gasteiger partial charge in [0.1, 0.15) is 0 Å². The van der Waals surface area contributed by atoms with Crippen LogP contribution in [0.1, 0.15) is 48.3 Å². The number of hydrogen-bond donors (Lipinski definition) is 2. The molecule has 0 aromatic heterocycles. The summed E-state index contributed by atoms with van der Waals surface area (Å²) >= 11 is 0. The van der Waals surface area contributed by atoms with Crippen LogP contribution in [0.5, 0.6) is 0 Å². The molecular weight excluding hydrogens is 414 g/mol. The molecule has 1 heterocycles. The van der Waals surface area contributed by atoms with Crippen molar-refractivity contribution in [3.63, 3.8) is 0 Å². The Morgan fingerprint density at radius 3 is 2.21 bits per heavy atom. The maximum absolute atomic E-state index is 13.3. The number of carbonyl (C=O) groups is 3. The summed E-state index contributed by atoms with van der Waals surface area (Å²) in [7, 11) is 0. The lowest BCUT2D eigenvalue weighted by atomic mass is 9.91. The topological polar surface area (TPSA) is 78.5 Å². The lowest BCUT2D eigenvalue weighted by Gasteiger charge is -2.26. The summed E-state index contributed by atoms with van der Waals surface area (Å²) in [4.78, 5) is 40.1. The molecule has 0 radical (unpaired) electrons. The zero-order valence-electron chi connectivity index (χ0n) is 19.1. The molecule has 2 aliphatic rings. The molecule has 4 rings (SSSR count). The third-order valence-electron chi connectivity index (χ3n) is 6.78. The molecule has 33 heavy (non-hydrogen) atoms. The first kappa shape index (κ1) is 23.0. The molecule has 1 aliphatic heterocycles. The number of nitrogens with zero attached hydrogens (tertiary/aromatic N) is 1. The molecule has 174 valence electrons. The van der Waals surface area contributed by atoms with Crippen molar-refractivity contribution in [2.24, 2.45) is 5.92 Å². The minimum Gasteiger partial charge on any atom is -0.356 e. The number of fused-ring (bicyclic) bond motifs is 1. The number of nitrogens with one attached hydrogen (secondary N) is 2. The molecule has 6 nitrogen and oxygen atoms in total. The Kier molecular flexibility index (Phi) is 7.76. The van der Waals surface area contributed by atoms with E-state index in [1.54, 1.807) is 4.90 Å². The van der Waals surface area contributed by atoms with Crippen LogP contribution < -0.4 is 10.6 Å². The van der Waals surface area contributed by atoms with E-state index in [4.69, 9.17) is 0 Å². The third-order valence-corrected chi connectivity index (χ3v) is 6.78. The molecule has 1 aliphatic carbocycles. The molecule has 6 heteroatoms. The Morgan fingerprint density at radius 2 is 1.48 bits per heavy atom. The van der Waals surface area contributed by atoms with Crippen LogP contribution in [0.25, 0.3) is 0 Å². The first-order chi connectivity index (χ1) is 16.1. The van der Waals surface area contributed by atoms with Crippen LogP contribution in [0.3, 0.4) is 0 Å². The van der Waals surface area contributed by atoms with Crippen LogP contribution in [-0.2, 0) is 27.2 Å². The first-order valence-electron chi connectivity index (χ1n) is 12.0. The first-order valence-corrected chi connectivity index (χ1v) is 12.0. The van der Waals surface area contributed by atoms with Gasteiger partial charge in [-0.25, -0.2) is 0 Å². The molecule has 3 amide bonds. The van der Waals surface area contributed by atoms with Crippen LogP contribution in [0, 0.1) is 5.92 Å². The van der Waals surface area contributed by atoms with E-state index in [0.29, 0.717) is 32.5 Å². The minimum atomic E-state index is -0.119. The van der Waals surface area contributed by atoms with Crippen molar-refractivity contribution in [2.45, 2.75) is 44.4 Å². The van der Waals surface area contributed by atoms with Gasteiger partial charge in [-0.05, 0) is 54.7 Å². The van der Waals surface area contributed by atoms with Gasteiger partial charge in [0.2, 0.25) is 17.7 Å². The van der Waals surface area contributed by atoms with Crippen LogP contribution >= 0.6 is 0 Å². The van der Waals surface area contributed by atoms with Crippen LogP contribution in [0.2, 0.25) is 0 Å². The van der Waals surface area contributed by atoms with Crippen molar-refractivity contribution in [1.82, 2.24) is 15.5 Å². The fourth-order valence-electron chi connectivity index (χ4n) is 4.97. The number of carbonyl (C=O) groups excluding carboxylic acids is 3. The second-order valence-corrected chi connectivity index (χ2v) is 9.12. The van der Waals surface area contributed by atoms with Crippen molar-refractivity contribution >= 4 is 17.7 Å². The number of benzene rings is 2. The van der Waals surface area contributed by atoms with Crippen molar-refractivity contribution in [3.8, 4) is 0 Å². The lowest BCUT2D eigenvalue weighted by Crippen LogP contribution is -2.45. The highest BCUT2D eigenvalue weighted by atomic mass is 16.2. The van der Waals surface area contributed by atoms with Gasteiger partial charge >= 0.3 is 0 Å². The van der Waals surface area contributed by atoms with Gasteiger partial charge in [0, 0.05) is 32.0 Å². The second kappa shape index (κ2) is 11.1. The van der Waals surface area contributed by atoms with Gasteiger partial charge in [0.25, 0.3) is 0 Å². The van der Waals surface area contributed by atoms with E-state index in [1.807, 2.05) is 30.3 Å². The van der Waals surface area contributed by atoms with Crippen molar-refractivity contribution < 1.29 is 14.4 Å². The van der Waals surface area contributed by atoms with Gasteiger partial charge in [-0.2, -0.15) is 0 Å². The summed E-state index contributed by atoms with van der Waals surface area (Å²) in [6.07, 6.45) is 4.04. The Labute approximate surface area is 195 Å². The molecule has 2 aromatic rings. The van der Waals surface area contributed by atoms with Crippen LogP contribution in [-0.4, -0.2) is 48.8 Å². The standard InChI is InChI=1S/C27H33N3O3/c31-25-12-11-21(20-7-2-1-3-8-20)13-15-29-26(32)19-30(16-6-14-28-25)27(33)24-17-22-9-4-5-10-23(22)18-24/h1-5,7-10,21,24H,6,11-19H2,(H,28,31)(H,29,32). The number of amides is 3. The quantitative estimate of drug-likeness (QED) is 0.743. The molecule has 2 aromatic carbocycles. The summed E-state index contributed by atoms with van der Waals surface area (Å²) in [6, 6.07) is 18.3.